The van der Waals surface area contributed by atoms with Crippen LogP contribution < -0.4 is 15.4 Å². The number of rotatable bonds is 7. The van der Waals surface area contributed by atoms with E-state index in [0.29, 0.717) is 17.0 Å². The highest BCUT2D eigenvalue weighted by Crippen LogP contribution is 2.19. The van der Waals surface area contributed by atoms with Gasteiger partial charge >= 0.3 is 0 Å². The zero-order valence-electron chi connectivity index (χ0n) is 16.6. The molecule has 2 aromatic carbocycles. The Kier molecular flexibility index (Phi) is 6.99. The molecule has 0 bridgehead atoms. The maximum Gasteiger partial charge on any atom is 0.265 e. The number of carbonyl (C=O) groups is 2. The van der Waals surface area contributed by atoms with E-state index in [9.17, 15) is 9.59 Å². The topological polar surface area (TPSA) is 67.4 Å². The number of benzene rings is 2. The summed E-state index contributed by atoms with van der Waals surface area (Å²) in [6, 6.07) is 12.7. The number of ether oxygens (including phenoxy) is 1. The molecular weight excluding hydrogens is 340 g/mol. The van der Waals surface area contributed by atoms with E-state index in [0.717, 1.165) is 12.0 Å². The molecule has 0 unspecified atom stereocenters. The summed E-state index contributed by atoms with van der Waals surface area (Å²) in [7, 11) is 0. The van der Waals surface area contributed by atoms with Crippen molar-refractivity contribution in [2.75, 3.05) is 5.32 Å². The van der Waals surface area contributed by atoms with E-state index < -0.39 is 6.10 Å². The molecule has 0 fully saturated rings. The SMILES string of the molecule is CC[C@@H](C)NC(=O)c1ccccc1NC(=O)[C@@H](C)Oc1ccc(C)c(C)c1. The summed E-state index contributed by atoms with van der Waals surface area (Å²) in [6.45, 7) is 9.66. The van der Waals surface area contributed by atoms with Gasteiger partial charge in [-0.15, -0.1) is 0 Å². The van der Waals surface area contributed by atoms with Gasteiger partial charge in [-0.05, 0) is 69.5 Å². The molecule has 2 aromatic rings. The first kappa shape index (κ1) is 20.5. The van der Waals surface area contributed by atoms with Crippen LogP contribution in [-0.2, 0) is 4.79 Å². The van der Waals surface area contributed by atoms with E-state index in [-0.39, 0.29) is 17.9 Å². The molecule has 0 radical (unpaired) electrons. The first-order chi connectivity index (χ1) is 12.8. The molecule has 0 aliphatic carbocycles. The fourth-order valence-corrected chi connectivity index (χ4v) is 2.47. The average molecular weight is 368 g/mol. The van der Waals surface area contributed by atoms with Gasteiger partial charge in [0.05, 0.1) is 11.3 Å². The Morgan fingerprint density at radius 3 is 2.41 bits per heavy atom. The van der Waals surface area contributed by atoms with Crippen molar-refractivity contribution in [1.82, 2.24) is 5.32 Å². The smallest absolute Gasteiger partial charge is 0.265 e. The van der Waals surface area contributed by atoms with Gasteiger partial charge in [0.25, 0.3) is 11.8 Å². The summed E-state index contributed by atoms with van der Waals surface area (Å²) in [5, 5.41) is 5.72. The van der Waals surface area contributed by atoms with E-state index in [2.05, 4.69) is 10.6 Å². The number of carbonyl (C=O) groups excluding carboxylic acids is 2. The Morgan fingerprint density at radius 2 is 1.74 bits per heavy atom. The van der Waals surface area contributed by atoms with Crippen molar-refractivity contribution in [3.05, 3.63) is 59.2 Å². The lowest BCUT2D eigenvalue weighted by Crippen LogP contribution is -2.34. The molecule has 0 saturated heterocycles. The van der Waals surface area contributed by atoms with E-state index in [1.165, 1.54) is 5.56 Å². The third-order valence-corrected chi connectivity index (χ3v) is 4.58. The highest BCUT2D eigenvalue weighted by molar-refractivity contribution is 6.04. The van der Waals surface area contributed by atoms with Crippen LogP contribution in [0.3, 0.4) is 0 Å². The van der Waals surface area contributed by atoms with Crippen molar-refractivity contribution in [1.29, 1.82) is 0 Å². The molecule has 0 aromatic heterocycles. The predicted molar refractivity (Wildman–Crippen MR) is 108 cm³/mol. The average Bonchev–Trinajstić information content (AvgIpc) is 2.64. The summed E-state index contributed by atoms with van der Waals surface area (Å²) in [5.41, 5.74) is 3.18. The highest BCUT2D eigenvalue weighted by atomic mass is 16.5. The summed E-state index contributed by atoms with van der Waals surface area (Å²) < 4.78 is 5.75. The van der Waals surface area contributed by atoms with Crippen LogP contribution in [0, 0.1) is 13.8 Å². The molecule has 0 spiro atoms. The molecule has 0 aliphatic rings. The Balaban J connectivity index is 2.08. The van der Waals surface area contributed by atoms with Crippen molar-refractivity contribution in [3.8, 4) is 5.75 Å². The van der Waals surface area contributed by atoms with Gasteiger partial charge in [0.2, 0.25) is 0 Å². The maximum atomic E-state index is 12.6. The Hall–Kier alpha value is -2.82. The Bertz CT molecular complexity index is 817. The van der Waals surface area contributed by atoms with Crippen molar-refractivity contribution >= 4 is 17.5 Å². The quantitative estimate of drug-likeness (QED) is 0.768. The molecule has 27 heavy (non-hydrogen) atoms. The third-order valence-electron chi connectivity index (χ3n) is 4.58. The number of para-hydroxylation sites is 1. The molecule has 2 amide bonds. The van der Waals surface area contributed by atoms with Crippen molar-refractivity contribution in [2.24, 2.45) is 0 Å². The fourth-order valence-electron chi connectivity index (χ4n) is 2.47. The lowest BCUT2D eigenvalue weighted by Gasteiger charge is -2.18. The molecule has 5 heteroatoms. The summed E-state index contributed by atoms with van der Waals surface area (Å²) in [6.07, 6.45) is 0.138. The van der Waals surface area contributed by atoms with Gasteiger partial charge in [-0.1, -0.05) is 25.1 Å². The number of hydrogen-bond acceptors (Lipinski definition) is 3. The number of amides is 2. The minimum Gasteiger partial charge on any atom is -0.481 e. The van der Waals surface area contributed by atoms with E-state index in [1.54, 1.807) is 31.2 Å². The van der Waals surface area contributed by atoms with Crippen LogP contribution in [0.1, 0.15) is 48.7 Å². The van der Waals surface area contributed by atoms with Crippen LogP contribution in [0.15, 0.2) is 42.5 Å². The van der Waals surface area contributed by atoms with Crippen molar-refractivity contribution < 1.29 is 14.3 Å². The summed E-state index contributed by atoms with van der Waals surface area (Å²) in [4.78, 5) is 25.0. The zero-order chi connectivity index (χ0) is 20.0. The summed E-state index contributed by atoms with van der Waals surface area (Å²) in [5.74, 6) is 0.128. The number of aryl methyl sites for hydroxylation is 2. The molecule has 0 saturated carbocycles. The van der Waals surface area contributed by atoms with Crippen LogP contribution in [0.4, 0.5) is 5.69 Å². The predicted octanol–water partition coefficient (Wildman–Crippen LogP) is 4.24. The van der Waals surface area contributed by atoms with Crippen LogP contribution in [0.5, 0.6) is 5.75 Å². The molecule has 2 N–H and O–H groups in total. The Labute approximate surface area is 161 Å². The zero-order valence-corrected chi connectivity index (χ0v) is 16.6. The molecule has 5 nitrogen and oxygen atoms in total. The van der Waals surface area contributed by atoms with Gasteiger partial charge in [0.15, 0.2) is 6.10 Å². The van der Waals surface area contributed by atoms with Gasteiger partial charge in [-0.2, -0.15) is 0 Å². The number of nitrogens with one attached hydrogen (secondary N) is 2. The van der Waals surface area contributed by atoms with Gasteiger partial charge in [-0.25, -0.2) is 0 Å². The van der Waals surface area contributed by atoms with Crippen LogP contribution >= 0.6 is 0 Å². The van der Waals surface area contributed by atoms with E-state index >= 15 is 0 Å². The van der Waals surface area contributed by atoms with Gasteiger partial charge < -0.3 is 15.4 Å². The molecule has 2 rings (SSSR count). The molecule has 144 valence electrons. The van der Waals surface area contributed by atoms with E-state index in [4.69, 9.17) is 4.74 Å². The first-order valence-corrected chi connectivity index (χ1v) is 9.26. The van der Waals surface area contributed by atoms with Gasteiger partial charge in [0.1, 0.15) is 5.75 Å². The molecular formula is C22H28N2O3. The van der Waals surface area contributed by atoms with Crippen molar-refractivity contribution in [3.63, 3.8) is 0 Å². The number of anilines is 1. The Morgan fingerprint density at radius 1 is 1.04 bits per heavy atom. The molecule has 0 aliphatic heterocycles. The maximum absolute atomic E-state index is 12.6. The van der Waals surface area contributed by atoms with Crippen LogP contribution in [-0.4, -0.2) is 24.0 Å². The fraction of sp³-hybridized carbons (Fsp3) is 0.364. The van der Waals surface area contributed by atoms with Gasteiger partial charge in [-0.3, -0.25) is 9.59 Å². The lowest BCUT2D eigenvalue weighted by molar-refractivity contribution is -0.122. The molecule has 0 heterocycles. The minimum atomic E-state index is -0.696. The largest absolute Gasteiger partial charge is 0.481 e. The third kappa shape index (κ3) is 5.58. The monoisotopic (exact) mass is 368 g/mol. The normalized spacial score (nSPS) is 12.8. The van der Waals surface area contributed by atoms with Crippen LogP contribution in [0.2, 0.25) is 0 Å². The lowest BCUT2D eigenvalue weighted by atomic mass is 10.1. The van der Waals surface area contributed by atoms with Crippen LogP contribution in [0.25, 0.3) is 0 Å². The van der Waals surface area contributed by atoms with E-state index in [1.807, 2.05) is 45.9 Å². The highest BCUT2D eigenvalue weighted by Gasteiger charge is 2.19. The van der Waals surface area contributed by atoms with Crippen molar-refractivity contribution in [2.45, 2.75) is 53.2 Å². The number of hydrogen-bond donors (Lipinski definition) is 2. The second kappa shape index (κ2) is 9.21. The standard InChI is InChI=1S/C22H28N2O3/c1-6-16(4)23-22(26)19-9-7-8-10-20(19)24-21(25)17(5)27-18-12-11-14(2)15(3)13-18/h7-13,16-17H,6H2,1-5H3,(H,23,26)(H,24,25)/t16-,17-/m1/s1. The molecule has 2 atom stereocenters. The van der Waals surface area contributed by atoms with Gasteiger partial charge in [0, 0.05) is 6.04 Å². The minimum absolute atomic E-state index is 0.0632. The summed E-state index contributed by atoms with van der Waals surface area (Å²) >= 11 is 0. The second-order valence-electron chi connectivity index (χ2n) is 6.82. The first-order valence-electron chi connectivity index (χ1n) is 9.26. The second-order valence-corrected chi connectivity index (χ2v) is 6.82.